The molecule has 1 aromatic carbocycles. The van der Waals surface area contributed by atoms with Gasteiger partial charge in [-0.3, -0.25) is 0 Å². The van der Waals surface area contributed by atoms with Gasteiger partial charge in [0.1, 0.15) is 5.75 Å². The quantitative estimate of drug-likeness (QED) is 0.569. The molecule has 0 N–H and O–H groups in total. The Hall–Kier alpha value is -1.24. The zero-order valence-electron chi connectivity index (χ0n) is 11.1. The van der Waals surface area contributed by atoms with Crippen molar-refractivity contribution in [2.75, 3.05) is 6.61 Å². The largest absolute Gasteiger partial charge is 0.493 e. The fraction of sp³-hybridized carbons (Fsp3) is 0.500. The molecule has 0 heterocycles. The first-order valence-corrected chi connectivity index (χ1v) is 6.76. The summed E-state index contributed by atoms with van der Waals surface area (Å²) >= 11 is 0. The molecule has 0 amide bonds. The summed E-state index contributed by atoms with van der Waals surface area (Å²) in [7, 11) is 0. The second-order valence-electron chi connectivity index (χ2n) is 4.26. The highest BCUT2D eigenvalue weighted by molar-refractivity contribution is 5.56. The Bertz CT molecular complexity index is 328. The highest BCUT2D eigenvalue weighted by Gasteiger charge is 1.98. The smallest absolute Gasteiger partial charge is 0.126 e. The molecule has 0 aliphatic carbocycles. The van der Waals surface area contributed by atoms with Crippen molar-refractivity contribution >= 4 is 6.08 Å². The monoisotopic (exact) mass is 232 g/mol. The SMILES string of the molecule is CCC=Cc1ccccc1OCCCCCC. The molecule has 0 saturated carbocycles. The molecule has 0 fully saturated rings. The number of ether oxygens (including phenoxy) is 1. The van der Waals surface area contributed by atoms with E-state index in [-0.39, 0.29) is 0 Å². The molecular weight excluding hydrogens is 208 g/mol. The first kappa shape index (κ1) is 13.8. The first-order valence-electron chi connectivity index (χ1n) is 6.76. The molecule has 0 atom stereocenters. The lowest BCUT2D eigenvalue weighted by atomic mass is 10.1. The minimum Gasteiger partial charge on any atom is -0.493 e. The summed E-state index contributed by atoms with van der Waals surface area (Å²) in [5, 5.41) is 0. The third-order valence-electron chi connectivity index (χ3n) is 2.71. The van der Waals surface area contributed by atoms with Gasteiger partial charge in [0.2, 0.25) is 0 Å². The van der Waals surface area contributed by atoms with E-state index in [0.29, 0.717) is 0 Å². The number of allylic oxidation sites excluding steroid dienone is 1. The maximum atomic E-state index is 5.83. The van der Waals surface area contributed by atoms with Gasteiger partial charge < -0.3 is 4.74 Å². The molecule has 0 spiro atoms. The zero-order chi connectivity index (χ0) is 12.3. The van der Waals surface area contributed by atoms with Gasteiger partial charge in [0.15, 0.2) is 0 Å². The van der Waals surface area contributed by atoms with E-state index in [4.69, 9.17) is 4.74 Å². The Morgan fingerprint density at radius 3 is 2.65 bits per heavy atom. The maximum Gasteiger partial charge on any atom is 0.126 e. The Morgan fingerprint density at radius 2 is 1.88 bits per heavy atom. The van der Waals surface area contributed by atoms with Crippen LogP contribution >= 0.6 is 0 Å². The maximum absolute atomic E-state index is 5.83. The minimum atomic E-state index is 0.830. The third-order valence-corrected chi connectivity index (χ3v) is 2.71. The third kappa shape index (κ3) is 5.58. The van der Waals surface area contributed by atoms with E-state index in [1.807, 2.05) is 6.07 Å². The summed E-state index contributed by atoms with van der Waals surface area (Å²) in [6.07, 6.45) is 10.4. The molecule has 1 aromatic rings. The predicted octanol–water partition coefficient (Wildman–Crippen LogP) is 5.07. The number of unbranched alkanes of at least 4 members (excludes halogenated alkanes) is 3. The van der Waals surface area contributed by atoms with Crippen molar-refractivity contribution in [2.24, 2.45) is 0 Å². The summed E-state index contributed by atoms with van der Waals surface area (Å²) in [4.78, 5) is 0. The Morgan fingerprint density at radius 1 is 1.06 bits per heavy atom. The number of para-hydroxylation sites is 1. The lowest BCUT2D eigenvalue weighted by molar-refractivity contribution is 0.304. The normalized spacial score (nSPS) is 10.9. The van der Waals surface area contributed by atoms with Gasteiger partial charge in [-0.1, -0.05) is 63.5 Å². The fourth-order valence-corrected chi connectivity index (χ4v) is 1.71. The molecule has 1 rings (SSSR count). The lowest BCUT2D eigenvalue weighted by Crippen LogP contribution is -1.98. The van der Waals surface area contributed by atoms with E-state index in [9.17, 15) is 0 Å². The van der Waals surface area contributed by atoms with Crippen LogP contribution in [0.2, 0.25) is 0 Å². The van der Waals surface area contributed by atoms with Crippen LogP contribution < -0.4 is 4.74 Å². The molecule has 0 aliphatic rings. The molecule has 17 heavy (non-hydrogen) atoms. The van der Waals surface area contributed by atoms with E-state index in [0.717, 1.165) is 25.2 Å². The van der Waals surface area contributed by atoms with Crippen LogP contribution in [0.3, 0.4) is 0 Å². The molecule has 0 radical (unpaired) electrons. The molecular formula is C16H24O. The van der Waals surface area contributed by atoms with Gasteiger partial charge in [0.25, 0.3) is 0 Å². The van der Waals surface area contributed by atoms with Crippen LogP contribution in [0.15, 0.2) is 30.3 Å². The van der Waals surface area contributed by atoms with Crippen molar-refractivity contribution in [3.63, 3.8) is 0 Å². The van der Waals surface area contributed by atoms with Crippen LogP contribution in [0, 0.1) is 0 Å². The number of benzene rings is 1. The highest BCUT2D eigenvalue weighted by Crippen LogP contribution is 2.20. The van der Waals surface area contributed by atoms with Gasteiger partial charge in [-0.25, -0.2) is 0 Å². The molecule has 0 aliphatic heterocycles. The van der Waals surface area contributed by atoms with Gasteiger partial charge >= 0.3 is 0 Å². The molecule has 0 saturated heterocycles. The second-order valence-corrected chi connectivity index (χ2v) is 4.26. The number of hydrogen-bond acceptors (Lipinski definition) is 1. The minimum absolute atomic E-state index is 0.830. The summed E-state index contributed by atoms with van der Waals surface area (Å²) < 4.78 is 5.83. The van der Waals surface area contributed by atoms with Gasteiger partial charge in [-0.05, 0) is 18.9 Å². The van der Waals surface area contributed by atoms with Gasteiger partial charge in [0, 0.05) is 5.56 Å². The molecule has 1 heteroatoms. The Kier molecular flexibility index (Phi) is 7.20. The number of rotatable bonds is 8. The zero-order valence-corrected chi connectivity index (χ0v) is 11.1. The molecule has 0 bridgehead atoms. The predicted molar refractivity (Wildman–Crippen MR) is 75.4 cm³/mol. The molecule has 94 valence electrons. The van der Waals surface area contributed by atoms with Crippen LogP contribution in [-0.4, -0.2) is 6.61 Å². The summed E-state index contributed by atoms with van der Waals surface area (Å²) in [6.45, 7) is 5.20. The molecule has 0 aromatic heterocycles. The summed E-state index contributed by atoms with van der Waals surface area (Å²) in [5.74, 6) is 1.01. The van der Waals surface area contributed by atoms with E-state index < -0.39 is 0 Å². The highest BCUT2D eigenvalue weighted by atomic mass is 16.5. The van der Waals surface area contributed by atoms with Gasteiger partial charge in [0.05, 0.1) is 6.61 Å². The molecule has 1 nitrogen and oxygen atoms in total. The van der Waals surface area contributed by atoms with Crippen molar-refractivity contribution in [1.82, 2.24) is 0 Å². The van der Waals surface area contributed by atoms with Crippen LogP contribution in [0.4, 0.5) is 0 Å². The summed E-state index contributed by atoms with van der Waals surface area (Å²) in [5.41, 5.74) is 1.19. The van der Waals surface area contributed by atoms with Gasteiger partial charge in [-0.2, -0.15) is 0 Å². The van der Waals surface area contributed by atoms with Crippen molar-refractivity contribution in [3.8, 4) is 5.75 Å². The second kappa shape index (κ2) is 8.86. The topological polar surface area (TPSA) is 9.23 Å². The van der Waals surface area contributed by atoms with E-state index in [2.05, 4.69) is 44.2 Å². The van der Waals surface area contributed by atoms with E-state index >= 15 is 0 Å². The standard InChI is InChI=1S/C16H24O/c1-3-5-7-10-14-17-16-13-9-8-12-15(16)11-6-4-2/h6,8-9,11-13H,3-5,7,10,14H2,1-2H3. The average Bonchev–Trinajstić information content (AvgIpc) is 2.37. The molecule has 0 unspecified atom stereocenters. The van der Waals surface area contributed by atoms with E-state index in [1.54, 1.807) is 0 Å². The van der Waals surface area contributed by atoms with Crippen molar-refractivity contribution in [1.29, 1.82) is 0 Å². The van der Waals surface area contributed by atoms with E-state index in [1.165, 1.54) is 24.8 Å². The van der Waals surface area contributed by atoms with Crippen LogP contribution in [-0.2, 0) is 0 Å². The van der Waals surface area contributed by atoms with Crippen LogP contribution in [0.5, 0.6) is 5.75 Å². The lowest BCUT2D eigenvalue weighted by Gasteiger charge is -2.08. The number of hydrogen-bond donors (Lipinski definition) is 0. The van der Waals surface area contributed by atoms with Crippen LogP contribution in [0.25, 0.3) is 6.08 Å². The van der Waals surface area contributed by atoms with Crippen LogP contribution in [0.1, 0.15) is 51.5 Å². The van der Waals surface area contributed by atoms with Gasteiger partial charge in [-0.15, -0.1) is 0 Å². The fourth-order valence-electron chi connectivity index (χ4n) is 1.71. The van der Waals surface area contributed by atoms with Crippen molar-refractivity contribution < 1.29 is 4.74 Å². The Balaban J connectivity index is 2.43. The van der Waals surface area contributed by atoms with Crippen molar-refractivity contribution in [3.05, 3.63) is 35.9 Å². The average molecular weight is 232 g/mol. The Labute approximate surface area is 106 Å². The summed E-state index contributed by atoms with van der Waals surface area (Å²) in [6, 6.07) is 8.24. The first-order chi connectivity index (χ1) is 8.38. The van der Waals surface area contributed by atoms with Crippen molar-refractivity contribution in [2.45, 2.75) is 46.0 Å².